The highest BCUT2D eigenvalue weighted by Gasteiger charge is 2.16. The molecule has 1 fully saturated rings. The van der Waals surface area contributed by atoms with Crippen LogP contribution < -0.4 is 16.4 Å². The van der Waals surface area contributed by atoms with Crippen molar-refractivity contribution in [3.05, 3.63) is 6.07 Å². The summed E-state index contributed by atoms with van der Waals surface area (Å²) in [4.78, 5) is 8.44. The minimum absolute atomic E-state index is 0.322. The molecule has 0 amide bonds. The second-order valence-electron chi connectivity index (χ2n) is 5.48. The first-order valence-electron chi connectivity index (χ1n) is 7.32. The molecule has 1 aliphatic carbocycles. The summed E-state index contributed by atoms with van der Waals surface area (Å²) in [6.07, 6.45) is 6.34. The smallest absolute Gasteiger partial charge is 0.223 e. The molecular weight excluding hydrogens is 238 g/mol. The van der Waals surface area contributed by atoms with Crippen molar-refractivity contribution in [2.45, 2.75) is 52.0 Å². The van der Waals surface area contributed by atoms with Crippen molar-refractivity contribution in [3.8, 4) is 0 Å². The molecule has 5 nitrogen and oxygen atoms in total. The van der Waals surface area contributed by atoms with Gasteiger partial charge in [0.25, 0.3) is 0 Å². The standard InChI is InChI=1S/C14H25N5/c1-3-16-12-9-13(19-14(15)18-12)17-11-6-4-5-10(2)7-8-11/h9-11H,3-8H2,1-2H3,(H4,15,16,17,18,19). The van der Waals surface area contributed by atoms with Gasteiger partial charge in [-0.2, -0.15) is 9.97 Å². The van der Waals surface area contributed by atoms with E-state index in [-0.39, 0.29) is 0 Å². The third-order valence-electron chi connectivity index (χ3n) is 3.71. The number of anilines is 3. The van der Waals surface area contributed by atoms with E-state index in [0.717, 1.165) is 24.1 Å². The van der Waals surface area contributed by atoms with E-state index in [0.29, 0.717) is 12.0 Å². The minimum Gasteiger partial charge on any atom is -0.370 e. The summed E-state index contributed by atoms with van der Waals surface area (Å²) in [6.45, 7) is 5.21. The van der Waals surface area contributed by atoms with Gasteiger partial charge in [0.1, 0.15) is 11.6 Å². The van der Waals surface area contributed by atoms with Crippen LogP contribution in [0.1, 0.15) is 46.0 Å². The van der Waals surface area contributed by atoms with E-state index in [2.05, 4.69) is 27.5 Å². The molecule has 0 aromatic carbocycles. The average Bonchev–Trinajstić information content (AvgIpc) is 2.54. The quantitative estimate of drug-likeness (QED) is 0.728. The van der Waals surface area contributed by atoms with Gasteiger partial charge in [-0.05, 0) is 32.1 Å². The topological polar surface area (TPSA) is 75.9 Å². The highest BCUT2D eigenvalue weighted by molar-refractivity contribution is 5.51. The fourth-order valence-corrected chi connectivity index (χ4v) is 2.65. The van der Waals surface area contributed by atoms with Crippen molar-refractivity contribution in [2.24, 2.45) is 5.92 Å². The minimum atomic E-state index is 0.322. The zero-order chi connectivity index (χ0) is 13.7. The lowest BCUT2D eigenvalue weighted by Crippen LogP contribution is -2.20. The number of hydrogen-bond acceptors (Lipinski definition) is 5. The Bertz CT molecular complexity index is 407. The van der Waals surface area contributed by atoms with E-state index in [1.807, 2.05) is 13.0 Å². The van der Waals surface area contributed by atoms with E-state index in [1.165, 1.54) is 32.1 Å². The van der Waals surface area contributed by atoms with Crippen LogP contribution in [0.3, 0.4) is 0 Å². The Labute approximate surface area is 115 Å². The van der Waals surface area contributed by atoms with Crippen LogP contribution in [-0.4, -0.2) is 22.6 Å². The van der Waals surface area contributed by atoms with Gasteiger partial charge in [0.05, 0.1) is 0 Å². The van der Waals surface area contributed by atoms with Crippen molar-refractivity contribution in [1.29, 1.82) is 0 Å². The predicted octanol–water partition coefficient (Wildman–Crippen LogP) is 2.87. The fraction of sp³-hybridized carbons (Fsp3) is 0.714. The Morgan fingerprint density at radius 3 is 2.79 bits per heavy atom. The molecule has 19 heavy (non-hydrogen) atoms. The lowest BCUT2D eigenvalue weighted by atomic mass is 10.0. The SMILES string of the molecule is CCNc1cc(NC2CCCC(C)CC2)nc(N)n1. The molecule has 0 spiro atoms. The second kappa shape index (κ2) is 6.59. The average molecular weight is 263 g/mol. The van der Waals surface area contributed by atoms with Crippen molar-refractivity contribution >= 4 is 17.6 Å². The summed E-state index contributed by atoms with van der Waals surface area (Å²) in [7, 11) is 0. The lowest BCUT2D eigenvalue weighted by molar-refractivity contribution is 0.502. The van der Waals surface area contributed by atoms with Gasteiger partial charge in [0, 0.05) is 18.7 Å². The van der Waals surface area contributed by atoms with Gasteiger partial charge in [-0.1, -0.05) is 19.8 Å². The van der Waals surface area contributed by atoms with Crippen molar-refractivity contribution in [3.63, 3.8) is 0 Å². The van der Waals surface area contributed by atoms with Crippen LogP contribution in [0, 0.1) is 5.92 Å². The molecule has 1 heterocycles. The number of nitrogen functional groups attached to an aromatic ring is 1. The molecule has 1 aliphatic rings. The van der Waals surface area contributed by atoms with Gasteiger partial charge >= 0.3 is 0 Å². The van der Waals surface area contributed by atoms with Crippen LogP contribution >= 0.6 is 0 Å². The highest BCUT2D eigenvalue weighted by Crippen LogP contribution is 2.25. The second-order valence-corrected chi connectivity index (χ2v) is 5.48. The van der Waals surface area contributed by atoms with Gasteiger partial charge in [0.2, 0.25) is 5.95 Å². The Morgan fingerprint density at radius 1 is 1.21 bits per heavy atom. The van der Waals surface area contributed by atoms with Gasteiger partial charge < -0.3 is 16.4 Å². The Balaban J connectivity index is 2.01. The molecule has 2 unspecified atom stereocenters. The molecule has 0 aliphatic heterocycles. The summed E-state index contributed by atoms with van der Waals surface area (Å²) in [5.74, 6) is 2.80. The first-order chi connectivity index (χ1) is 9.17. The molecule has 106 valence electrons. The molecule has 0 bridgehead atoms. The highest BCUT2D eigenvalue weighted by atomic mass is 15.1. The first-order valence-corrected chi connectivity index (χ1v) is 7.32. The van der Waals surface area contributed by atoms with E-state index in [4.69, 9.17) is 5.73 Å². The number of nitrogens with two attached hydrogens (primary N) is 1. The van der Waals surface area contributed by atoms with Crippen LogP contribution in [0.2, 0.25) is 0 Å². The zero-order valence-electron chi connectivity index (χ0n) is 11.9. The van der Waals surface area contributed by atoms with E-state index in [1.54, 1.807) is 0 Å². The summed E-state index contributed by atoms with van der Waals surface area (Å²) in [6, 6.07) is 2.45. The fourth-order valence-electron chi connectivity index (χ4n) is 2.65. The van der Waals surface area contributed by atoms with Gasteiger partial charge in [-0.15, -0.1) is 0 Å². The number of hydrogen-bond donors (Lipinski definition) is 3. The third-order valence-corrected chi connectivity index (χ3v) is 3.71. The van der Waals surface area contributed by atoms with Crippen molar-refractivity contribution < 1.29 is 0 Å². The van der Waals surface area contributed by atoms with Crippen molar-refractivity contribution in [1.82, 2.24) is 9.97 Å². The molecule has 2 rings (SSSR count). The van der Waals surface area contributed by atoms with Crippen LogP contribution in [0.5, 0.6) is 0 Å². The molecule has 1 aromatic rings. The van der Waals surface area contributed by atoms with Crippen LogP contribution in [0.25, 0.3) is 0 Å². The lowest BCUT2D eigenvalue weighted by Gasteiger charge is -2.17. The summed E-state index contributed by atoms with van der Waals surface area (Å²) < 4.78 is 0. The maximum absolute atomic E-state index is 5.75. The molecule has 0 saturated heterocycles. The molecule has 0 radical (unpaired) electrons. The molecule has 4 N–H and O–H groups in total. The van der Waals surface area contributed by atoms with E-state index < -0.39 is 0 Å². The van der Waals surface area contributed by atoms with E-state index >= 15 is 0 Å². The normalized spacial score (nSPS) is 23.7. The Morgan fingerprint density at radius 2 is 2.00 bits per heavy atom. The van der Waals surface area contributed by atoms with Crippen molar-refractivity contribution in [2.75, 3.05) is 22.9 Å². The summed E-state index contributed by atoms with van der Waals surface area (Å²) >= 11 is 0. The van der Waals surface area contributed by atoms with Gasteiger partial charge in [-0.25, -0.2) is 0 Å². The number of aromatic nitrogens is 2. The number of rotatable bonds is 4. The summed E-state index contributed by atoms with van der Waals surface area (Å²) in [5.41, 5.74) is 5.75. The van der Waals surface area contributed by atoms with Crippen LogP contribution in [0.4, 0.5) is 17.6 Å². The van der Waals surface area contributed by atoms with Crippen LogP contribution in [-0.2, 0) is 0 Å². The summed E-state index contributed by atoms with van der Waals surface area (Å²) in [5, 5.41) is 6.68. The monoisotopic (exact) mass is 263 g/mol. The van der Waals surface area contributed by atoms with E-state index in [9.17, 15) is 0 Å². The first kappa shape index (κ1) is 13.9. The number of nitrogens with one attached hydrogen (secondary N) is 2. The molecule has 1 saturated carbocycles. The third kappa shape index (κ3) is 4.26. The molecule has 5 heteroatoms. The Hall–Kier alpha value is -1.52. The zero-order valence-corrected chi connectivity index (χ0v) is 11.9. The predicted molar refractivity (Wildman–Crippen MR) is 80.3 cm³/mol. The van der Waals surface area contributed by atoms with Gasteiger partial charge in [-0.3, -0.25) is 0 Å². The maximum atomic E-state index is 5.75. The number of nitrogens with zero attached hydrogens (tertiary/aromatic N) is 2. The molecule has 1 aromatic heterocycles. The van der Waals surface area contributed by atoms with Gasteiger partial charge in [0.15, 0.2) is 0 Å². The van der Waals surface area contributed by atoms with Crippen LogP contribution in [0.15, 0.2) is 6.07 Å². The Kier molecular flexibility index (Phi) is 4.82. The maximum Gasteiger partial charge on any atom is 0.223 e. The molecular formula is C14H25N5. The largest absolute Gasteiger partial charge is 0.370 e. The molecule has 2 atom stereocenters.